The van der Waals surface area contributed by atoms with Crippen LogP contribution in [0.15, 0.2) is 70.1 Å². The first-order valence-electron chi connectivity index (χ1n) is 8.52. The topological polar surface area (TPSA) is 70.2 Å². The van der Waals surface area contributed by atoms with Gasteiger partial charge in [0.2, 0.25) is 0 Å². The first-order valence-corrected chi connectivity index (χ1v) is 8.52. The minimum absolute atomic E-state index is 0.172. The van der Waals surface area contributed by atoms with E-state index in [4.69, 9.17) is 9.15 Å². The molecule has 4 rings (SSSR count). The maximum Gasteiger partial charge on any atom is 0.336 e. The smallest absolute Gasteiger partial charge is 0.336 e. The van der Waals surface area contributed by atoms with Gasteiger partial charge in [0.25, 0.3) is 0 Å². The zero-order valence-corrected chi connectivity index (χ0v) is 14.6. The first kappa shape index (κ1) is 18.0. The van der Waals surface area contributed by atoms with Crippen LogP contribution in [0.2, 0.25) is 0 Å². The Morgan fingerprint density at radius 2 is 2.00 bits per heavy atom. The highest BCUT2D eigenvalue weighted by molar-refractivity contribution is 5.76. The number of hydrogen-bond acceptors (Lipinski definition) is 5. The van der Waals surface area contributed by atoms with Crippen LogP contribution in [0.1, 0.15) is 17.2 Å². The van der Waals surface area contributed by atoms with Crippen molar-refractivity contribution in [2.45, 2.75) is 19.3 Å². The van der Waals surface area contributed by atoms with E-state index in [1.54, 1.807) is 24.4 Å². The van der Waals surface area contributed by atoms with Gasteiger partial charge < -0.3 is 9.15 Å². The Hall–Kier alpha value is -3.39. The molecule has 0 saturated heterocycles. The van der Waals surface area contributed by atoms with Gasteiger partial charge >= 0.3 is 5.63 Å². The Kier molecular flexibility index (Phi) is 4.94. The van der Waals surface area contributed by atoms with Gasteiger partial charge in [-0.05, 0) is 29.8 Å². The number of halogens is 2. The third-order valence-electron chi connectivity index (χ3n) is 4.27. The summed E-state index contributed by atoms with van der Waals surface area (Å²) in [7, 11) is 0. The summed E-state index contributed by atoms with van der Waals surface area (Å²) in [6.45, 7) is 0.385. The average molecular weight is 383 g/mol. The van der Waals surface area contributed by atoms with Crippen LogP contribution in [-0.4, -0.2) is 15.0 Å². The monoisotopic (exact) mass is 383 g/mol. The fourth-order valence-electron chi connectivity index (χ4n) is 2.91. The number of hydrogen-bond donors (Lipinski definition) is 0. The third kappa shape index (κ3) is 3.96. The van der Waals surface area contributed by atoms with E-state index in [1.165, 1.54) is 29.1 Å². The van der Waals surface area contributed by atoms with Crippen LogP contribution in [0.5, 0.6) is 0 Å². The van der Waals surface area contributed by atoms with Crippen molar-refractivity contribution >= 4 is 11.0 Å². The van der Waals surface area contributed by atoms with Crippen LogP contribution >= 0.6 is 0 Å². The summed E-state index contributed by atoms with van der Waals surface area (Å²) in [6, 6.07) is 11.6. The Balaban J connectivity index is 1.58. The molecule has 0 aliphatic carbocycles. The molecule has 1 unspecified atom stereocenters. The number of aromatic nitrogens is 3. The summed E-state index contributed by atoms with van der Waals surface area (Å²) < 4.78 is 40.1. The van der Waals surface area contributed by atoms with Crippen molar-refractivity contribution < 1.29 is 17.9 Å². The largest absolute Gasteiger partial charge is 0.423 e. The Morgan fingerprint density at radius 3 is 2.79 bits per heavy atom. The summed E-state index contributed by atoms with van der Waals surface area (Å²) in [5, 5.41) is 8.37. The van der Waals surface area contributed by atoms with Crippen molar-refractivity contribution in [1.29, 1.82) is 0 Å². The highest BCUT2D eigenvalue weighted by Gasteiger charge is 2.19. The fraction of sp³-hybridized carbons (Fsp3) is 0.150. The van der Waals surface area contributed by atoms with E-state index in [2.05, 4.69) is 10.3 Å². The van der Waals surface area contributed by atoms with Gasteiger partial charge in [-0.2, -0.15) is 0 Å². The van der Waals surface area contributed by atoms with Crippen LogP contribution in [0.25, 0.3) is 11.0 Å². The Morgan fingerprint density at radius 1 is 1.11 bits per heavy atom. The Bertz CT molecular complexity index is 1160. The maximum absolute atomic E-state index is 14.3. The van der Waals surface area contributed by atoms with Crippen molar-refractivity contribution in [1.82, 2.24) is 15.0 Å². The van der Waals surface area contributed by atoms with E-state index in [-0.39, 0.29) is 18.7 Å². The molecule has 28 heavy (non-hydrogen) atoms. The van der Waals surface area contributed by atoms with Crippen molar-refractivity contribution in [3.05, 3.63) is 94.1 Å². The predicted molar refractivity (Wildman–Crippen MR) is 96.4 cm³/mol. The molecule has 8 heteroatoms. The van der Waals surface area contributed by atoms with E-state index < -0.39 is 23.4 Å². The van der Waals surface area contributed by atoms with Gasteiger partial charge in [0.05, 0.1) is 19.3 Å². The number of rotatable bonds is 6. The highest BCUT2D eigenvalue weighted by Crippen LogP contribution is 2.25. The standard InChI is InChI=1S/C20H15F2N3O3/c21-15-3-4-16(17(22)10-15)19(11-25-8-7-23-24-25)27-12-13-1-5-18-14(9-13)2-6-20(26)28-18/h1-10,19H,11-12H2. The quantitative estimate of drug-likeness (QED) is 0.476. The number of benzene rings is 2. The first-order chi connectivity index (χ1) is 13.6. The fourth-order valence-corrected chi connectivity index (χ4v) is 2.91. The lowest BCUT2D eigenvalue weighted by Crippen LogP contribution is -2.15. The van der Waals surface area contributed by atoms with Gasteiger partial charge in [-0.1, -0.05) is 17.3 Å². The normalized spacial score (nSPS) is 12.4. The molecular weight excluding hydrogens is 368 g/mol. The number of fused-ring (bicyclic) bond motifs is 1. The van der Waals surface area contributed by atoms with Crippen LogP contribution in [0.3, 0.4) is 0 Å². The lowest BCUT2D eigenvalue weighted by Gasteiger charge is -2.19. The Labute approximate surface area is 158 Å². The molecule has 0 radical (unpaired) electrons. The highest BCUT2D eigenvalue weighted by atomic mass is 19.1. The molecule has 142 valence electrons. The van der Waals surface area contributed by atoms with Crippen molar-refractivity contribution in [2.75, 3.05) is 0 Å². The van der Waals surface area contributed by atoms with Crippen molar-refractivity contribution in [3.8, 4) is 0 Å². The zero-order valence-electron chi connectivity index (χ0n) is 14.6. The second kappa shape index (κ2) is 7.69. The second-order valence-corrected chi connectivity index (χ2v) is 6.22. The van der Waals surface area contributed by atoms with Crippen LogP contribution in [-0.2, 0) is 17.9 Å². The molecule has 0 aliphatic heterocycles. The molecule has 0 N–H and O–H groups in total. The van der Waals surface area contributed by atoms with Gasteiger partial charge in [-0.3, -0.25) is 0 Å². The van der Waals surface area contributed by atoms with Gasteiger partial charge in [-0.25, -0.2) is 18.3 Å². The molecular formula is C20H15F2N3O3. The van der Waals surface area contributed by atoms with Gasteiger partial charge in [0.1, 0.15) is 23.3 Å². The average Bonchev–Trinajstić information content (AvgIpc) is 3.18. The second-order valence-electron chi connectivity index (χ2n) is 6.22. The number of nitrogens with zero attached hydrogens (tertiary/aromatic N) is 3. The molecule has 2 aromatic heterocycles. The molecule has 1 atom stereocenters. The van der Waals surface area contributed by atoms with Gasteiger partial charge in [-0.15, -0.1) is 5.10 Å². The summed E-state index contributed by atoms with van der Waals surface area (Å²) in [5.41, 5.74) is 1.09. The molecule has 6 nitrogen and oxygen atoms in total. The zero-order chi connectivity index (χ0) is 19.5. The van der Waals surface area contributed by atoms with Crippen molar-refractivity contribution in [3.63, 3.8) is 0 Å². The minimum atomic E-state index is -0.702. The molecule has 0 fully saturated rings. The lowest BCUT2D eigenvalue weighted by atomic mass is 10.1. The third-order valence-corrected chi connectivity index (χ3v) is 4.27. The maximum atomic E-state index is 14.3. The molecule has 0 spiro atoms. The molecule has 0 saturated carbocycles. The molecule has 2 aromatic carbocycles. The van der Waals surface area contributed by atoms with Gasteiger partial charge in [0, 0.05) is 29.3 Å². The van der Waals surface area contributed by atoms with E-state index in [0.717, 1.165) is 17.0 Å². The summed E-state index contributed by atoms with van der Waals surface area (Å²) in [4.78, 5) is 11.3. The molecule has 0 amide bonds. The summed E-state index contributed by atoms with van der Waals surface area (Å²) in [5.74, 6) is -1.35. The van der Waals surface area contributed by atoms with E-state index in [1.807, 2.05) is 6.07 Å². The van der Waals surface area contributed by atoms with Crippen molar-refractivity contribution in [2.24, 2.45) is 0 Å². The van der Waals surface area contributed by atoms with Gasteiger partial charge in [0.15, 0.2) is 0 Å². The van der Waals surface area contributed by atoms with E-state index >= 15 is 0 Å². The molecule has 2 heterocycles. The van der Waals surface area contributed by atoms with Crippen LogP contribution in [0, 0.1) is 11.6 Å². The molecule has 0 bridgehead atoms. The number of ether oxygens (including phenoxy) is 1. The molecule has 0 aliphatic rings. The summed E-state index contributed by atoms with van der Waals surface area (Å²) >= 11 is 0. The van der Waals surface area contributed by atoms with Crippen LogP contribution < -0.4 is 5.63 Å². The summed E-state index contributed by atoms with van der Waals surface area (Å²) in [6.07, 6.45) is 2.44. The minimum Gasteiger partial charge on any atom is -0.423 e. The molecule has 4 aromatic rings. The SMILES string of the molecule is O=c1ccc2cc(COC(Cn3ccnn3)c3ccc(F)cc3F)ccc2o1. The van der Waals surface area contributed by atoms with E-state index in [0.29, 0.717) is 5.58 Å². The lowest BCUT2D eigenvalue weighted by molar-refractivity contribution is 0.0231. The predicted octanol–water partition coefficient (Wildman–Crippen LogP) is 3.62. The van der Waals surface area contributed by atoms with E-state index in [9.17, 15) is 13.6 Å². The van der Waals surface area contributed by atoms with Crippen LogP contribution in [0.4, 0.5) is 8.78 Å².